The highest BCUT2D eigenvalue weighted by atomic mass is 35.5. The van der Waals surface area contributed by atoms with E-state index < -0.39 is 18.5 Å². The summed E-state index contributed by atoms with van der Waals surface area (Å²) in [5.74, 6) is -1.20. The molecule has 2 aromatic carbocycles. The van der Waals surface area contributed by atoms with Crippen LogP contribution in [0, 0.1) is 11.3 Å². The van der Waals surface area contributed by atoms with Gasteiger partial charge in [0.2, 0.25) is 0 Å². The first-order valence-corrected chi connectivity index (χ1v) is 6.89. The van der Waals surface area contributed by atoms with Gasteiger partial charge in [0, 0.05) is 5.69 Å². The molecule has 2 aromatic rings. The lowest BCUT2D eigenvalue weighted by molar-refractivity contribution is -0.119. The number of carbonyl (C=O) groups excluding carboxylic acids is 2. The number of nitrogens with two attached hydrogens (primary N) is 1. The van der Waals surface area contributed by atoms with Gasteiger partial charge >= 0.3 is 5.97 Å². The largest absolute Gasteiger partial charge is 0.452 e. The molecule has 0 saturated carbocycles. The smallest absolute Gasteiger partial charge is 0.338 e. The molecule has 0 aliphatic rings. The number of esters is 1. The number of nitrogen functional groups attached to an aromatic ring is 1. The number of benzene rings is 2. The zero-order valence-corrected chi connectivity index (χ0v) is 12.6. The second-order valence-electron chi connectivity index (χ2n) is 4.55. The van der Waals surface area contributed by atoms with Gasteiger partial charge in [-0.2, -0.15) is 5.26 Å². The fourth-order valence-electron chi connectivity index (χ4n) is 1.75. The standard InChI is InChI=1S/C16H12ClN3O3/c17-13-5-4-11(7-14(13)19)16(22)23-9-15(21)20-12-3-1-2-10(6-12)8-18/h1-7H,9,19H2,(H,20,21). The van der Waals surface area contributed by atoms with Crippen molar-refractivity contribution in [1.82, 2.24) is 0 Å². The van der Waals surface area contributed by atoms with Gasteiger partial charge in [-0.1, -0.05) is 17.7 Å². The summed E-state index contributed by atoms with van der Waals surface area (Å²) < 4.78 is 4.90. The van der Waals surface area contributed by atoms with E-state index in [4.69, 9.17) is 27.3 Å². The van der Waals surface area contributed by atoms with Gasteiger partial charge in [0.05, 0.1) is 27.9 Å². The van der Waals surface area contributed by atoms with Crippen molar-refractivity contribution in [2.24, 2.45) is 0 Å². The van der Waals surface area contributed by atoms with Crippen LogP contribution < -0.4 is 11.1 Å². The first kappa shape index (κ1) is 16.3. The minimum absolute atomic E-state index is 0.200. The first-order chi connectivity index (χ1) is 11.0. The maximum atomic E-state index is 11.8. The van der Waals surface area contributed by atoms with Crippen molar-refractivity contribution in [3.8, 4) is 6.07 Å². The summed E-state index contributed by atoms with van der Waals surface area (Å²) >= 11 is 5.76. The lowest BCUT2D eigenvalue weighted by atomic mass is 10.2. The minimum atomic E-state index is -0.686. The number of hydrogen-bond acceptors (Lipinski definition) is 5. The van der Waals surface area contributed by atoms with Crippen molar-refractivity contribution in [3.63, 3.8) is 0 Å². The van der Waals surface area contributed by atoms with Crippen LogP contribution in [0.4, 0.5) is 11.4 Å². The quantitative estimate of drug-likeness (QED) is 0.662. The van der Waals surface area contributed by atoms with Gasteiger partial charge in [-0.25, -0.2) is 4.79 Å². The Hall–Kier alpha value is -3.04. The van der Waals surface area contributed by atoms with E-state index in [-0.39, 0.29) is 11.3 Å². The number of rotatable bonds is 4. The van der Waals surface area contributed by atoms with Crippen molar-refractivity contribution in [2.45, 2.75) is 0 Å². The van der Waals surface area contributed by atoms with E-state index in [0.717, 1.165) is 0 Å². The Morgan fingerprint density at radius 2 is 2.04 bits per heavy atom. The Bertz CT molecular complexity index is 799. The normalized spacial score (nSPS) is 9.74. The molecule has 0 bridgehead atoms. The average molecular weight is 330 g/mol. The monoisotopic (exact) mass is 329 g/mol. The van der Waals surface area contributed by atoms with Crippen LogP contribution in [0.1, 0.15) is 15.9 Å². The molecule has 0 saturated heterocycles. The summed E-state index contributed by atoms with van der Waals surface area (Å²) in [4.78, 5) is 23.6. The van der Waals surface area contributed by atoms with Crippen LogP contribution in [-0.4, -0.2) is 18.5 Å². The summed E-state index contributed by atoms with van der Waals surface area (Å²) in [6.45, 7) is -0.460. The zero-order chi connectivity index (χ0) is 16.8. The molecule has 0 spiro atoms. The van der Waals surface area contributed by atoms with Crippen LogP contribution in [0.5, 0.6) is 0 Å². The molecule has 0 aromatic heterocycles. The molecule has 2 rings (SSSR count). The van der Waals surface area contributed by atoms with Gasteiger partial charge in [0.25, 0.3) is 5.91 Å². The van der Waals surface area contributed by atoms with E-state index >= 15 is 0 Å². The van der Waals surface area contributed by atoms with Crippen molar-refractivity contribution in [3.05, 3.63) is 58.6 Å². The highest BCUT2D eigenvalue weighted by molar-refractivity contribution is 6.33. The minimum Gasteiger partial charge on any atom is -0.452 e. The van der Waals surface area contributed by atoms with Crippen LogP contribution in [0.25, 0.3) is 0 Å². The molecule has 1 amide bonds. The van der Waals surface area contributed by atoms with Crippen LogP contribution in [0.2, 0.25) is 5.02 Å². The Labute approximate surface area is 137 Å². The predicted molar refractivity (Wildman–Crippen MR) is 85.9 cm³/mol. The Morgan fingerprint density at radius 3 is 2.74 bits per heavy atom. The molecular weight excluding hydrogens is 318 g/mol. The number of carbonyl (C=O) groups is 2. The summed E-state index contributed by atoms with van der Waals surface area (Å²) in [5.41, 5.74) is 6.91. The average Bonchev–Trinajstić information content (AvgIpc) is 2.55. The highest BCUT2D eigenvalue weighted by Crippen LogP contribution is 2.19. The molecule has 0 radical (unpaired) electrons. The van der Waals surface area contributed by atoms with Crippen LogP contribution >= 0.6 is 11.6 Å². The molecule has 116 valence electrons. The molecule has 0 aliphatic carbocycles. The summed E-state index contributed by atoms with van der Waals surface area (Å²) in [6.07, 6.45) is 0. The third kappa shape index (κ3) is 4.46. The molecule has 0 heterocycles. The molecule has 0 aliphatic heterocycles. The van der Waals surface area contributed by atoms with Crippen molar-refractivity contribution in [1.29, 1.82) is 5.26 Å². The van der Waals surface area contributed by atoms with Gasteiger partial charge in [0.15, 0.2) is 6.61 Å². The van der Waals surface area contributed by atoms with Crippen LogP contribution in [-0.2, 0) is 9.53 Å². The molecule has 0 unspecified atom stereocenters. The topological polar surface area (TPSA) is 105 Å². The Morgan fingerprint density at radius 1 is 1.26 bits per heavy atom. The number of halogens is 1. The number of ether oxygens (including phenoxy) is 1. The fourth-order valence-corrected chi connectivity index (χ4v) is 1.87. The Kier molecular flexibility index (Phi) is 5.18. The van der Waals surface area contributed by atoms with Gasteiger partial charge in [-0.3, -0.25) is 4.79 Å². The predicted octanol–water partition coefficient (Wildman–Crippen LogP) is 2.59. The van der Waals surface area contributed by atoms with Crippen LogP contribution in [0.3, 0.4) is 0 Å². The molecule has 3 N–H and O–H groups in total. The molecular formula is C16H12ClN3O3. The number of hydrogen-bond donors (Lipinski definition) is 2. The van der Waals surface area contributed by atoms with E-state index in [1.165, 1.54) is 24.3 Å². The zero-order valence-electron chi connectivity index (χ0n) is 11.9. The highest BCUT2D eigenvalue weighted by Gasteiger charge is 2.12. The maximum absolute atomic E-state index is 11.8. The van der Waals surface area contributed by atoms with Crippen molar-refractivity contribution >= 4 is 34.9 Å². The number of anilines is 2. The van der Waals surface area contributed by atoms with Gasteiger partial charge < -0.3 is 15.8 Å². The first-order valence-electron chi connectivity index (χ1n) is 6.52. The van der Waals surface area contributed by atoms with Crippen molar-refractivity contribution < 1.29 is 14.3 Å². The maximum Gasteiger partial charge on any atom is 0.338 e. The van der Waals surface area contributed by atoms with Gasteiger partial charge in [-0.15, -0.1) is 0 Å². The van der Waals surface area contributed by atoms with E-state index in [1.807, 2.05) is 6.07 Å². The van der Waals surface area contributed by atoms with E-state index in [9.17, 15) is 9.59 Å². The number of nitriles is 1. The van der Waals surface area contributed by atoms with E-state index in [1.54, 1.807) is 18.2 Å². The number of nitrogens with zero attached hydrogens (tertiary/aromatic N) is 1. The van der Waals surface area contributed by atoms with Gasteiger partial charge in [-0.05, 0) is 36.4 Å². The SMILES string of the molecule is N#Cc1cccc(NC(=O)COC(=O)c2ccc(Cl)c(N)c2)c1. The second kappa shape index (κ2) is 7.29. The summed E-state index contributed by atoms with van der Waals surface area (Å²) in [7, 11) is 0. The summed E-state index contributed by atoms with van der Waals surface area (Å²) in [6, 6.07) is 12.6. The number of nitrogens with one attached hydrogen (secondary N) is 1. The molecule has 7 heteroatoms. The van der Waals surface area contributed by atoms with Crippen molar-refractivity contribution in [2.75, 3.05) is 17.7 Å². The van der Waals surface area contributed by atoms with E-state index in [0.29, 0.717) is 16.3 Å². The number of amides is 1. The fraction of sp³-hybridized carbons (Fsp3) is 0.0625. The third-order valence-electron chi connectivity index (χ3n) is 2.84. The second-order valence-corrected chi connectivity index (χ2v) is 4.96. The molecule has 6 nitrogen and oxygen atoms in total. The Balaban J connectivity index is 1.92. The lowest BCUT2D eigenvalue weighted by Gasteiger charge is -2.07. The molecule has 0 fully saturated rings. The van der Waals surface area contributed by atoms with E-state index in [2.05, 4.69) is 5.32 Å². The van der Waals surface area contributed by atoms with Crippen LogP contribution in [0.15, 0.2) is 42.5 Å². The summed E-state index contributed by atoms with van der Waals surface area (Å²) in [5, 5.41) is 11.6. The van der Waals surface area contributed by atoms with Gasteiger partial charge in [0.1, 0.15) is 0 Å². The molecule has 23 heavy (non-hydrogen) atoms. The third-order valence-corrected chi connectivity index (χ3v) is 3.19. The molecule has 0 atom stereocenters. The lowest BCUT2D eigenvalue weighted by Crippen LogP contribution is -2.21.